The molecule has 7 aromatic carbocycles. The molecule has 2 aliphatic carbocycles. The van der Waals surface area contributed by atoms with Crippen LogP contribution < -0.4 is 31.1 Å². The fraction of sp³-hybridized carbons (Fsp3) is 0.276. The molecule has 13 rings (SSSR count). The van der Waals surface area contributed by atoms with Crippen molar-refractivity contribution < 1.29 is 0 Å². The molecule has 3 nitrogen and oxygen atoms in total. The summed E-state index contributed by atoms with van der Waals surface area (Å²) in [5, 5.41) is 0. The summed E-state index contributed by atoms with van der Waals surface area (Å²) in [6.07, 6.45) is 9.86. The first-order valence-corrected chi connectivity index (χ1v) is 23.4. The number of rotatable bonds is 4. The summed E-state index contributed by atoms with van der Waals surface area (Å²) in [5.41, 5.74) is 21.7. The topological polar surface area (TPSA) is 9.72 Å². The first kappa shape index (κ1) is 36.6. The van der Waals surface area contributed by atoms with Gasteiger partial charge in [-0.15, -0.1) is 0 Å². The van der Waals surface area contributed by atoms with E-state index in [-0.39, 0.29) is 28.6 Å². The zero-order chi connectivity index (χ0) is 41.6. The molecule has 0 bridgehead atoms. The van der Waals surface area contributed by atoms with Crippen molar-refractivity contribution in [3.05, 3.63) is 169 Å². The van der Waals surface area contributed by atoms with Gasteiger partial charge in [-0.2, -0.15) is 0 Å². The Hall–Kier alpha value is -6.00. The van der Waals surface area contributed by atoms with Crippen molar-refractivity contribution in [2.45, 2.75) is 101 Å². The number of benzene rings is 7. The molecule has 304 valence electrons. The highest BCUT2D eigenvalue weighted by Crippen LogP contribution is 2.64. The first-order valence-electron chi connectivity index (χ1n) is 23.4. The standard InChI is InChI=1S/C58H54BN3/c1-55-31-13-15-33-57(55,3)61(49-28-12-11-25-45(49)55)44-37-51-53-52(38-44)62-54-46(56(2)32-14-16-34-58(56,62)4)26-18-27-48(54)59(53)47-30-29-42(40-21-9-6-10-22-40)36-50(47)60(51)43-24-17-23-41(35-43)39-19-7-5-8-20-39/h5-12,17-30,35-38H,13-16,31-34H2,1-4H3. The second kappa shape index (κ2) is 12.8. The van der Waals surface area contributed by atoms with Crippen molar-refractivity contribution >= 4 is 62.9 Å². The maximum Gasteiger partial charge on any atom is 0.252 e. The van der Waals surface area contributed by atoms with E-state index < -0.39 is 0 Å². The van der Waals surface area contributed by atoms with E-state index in [1.807, 2.05) is 0 Å². The van der Waals surface area contributed by atoms with Gasteiger partial charge in [0.05, 0.1) is 11.1 Å². The predicted octanol–water partition coefficient (Wildman–Crippen LogP) is 13.1. The van der Waals surface area contributed by atoms with Crippen molar-refractivity contribution in [1.29, 1.82) is 0 Å². The van der Waals surface area contributed by atoms with Crippen molar-refractivity contribution in [3.8, 4) is 22.3 Å². The lowest BCUT2D eigenvalue weighted by Gasteiger charge is -2.53. The first-order chi connectivity index (χ1) is 30.2. The van der Waals surface area contributed by atoms with Gasteiger partial charge in [0.25, 0.3) is 6.71 Å². The normalized spacial score (nSPS) is 26.0. The van der Waals surface area contributed by atoms with E-state index in [0.717, 1.165) is 0 Å². The summed E-state index contributed by atoms with van der Waals surface area (Å²) in [4.78, 5) is 8.38. The Labute approximate surface area is 368 Å². The smallest absolute Gasteiger partial charge is 0.252 e. The summed E-state index contributed by atoms with van der Waals surface area (Å²) in [7, 11) is 0. The van der Waals surface area contributed by atoms with E-state index in [9.17, 15) is 0 Å². The highest BCUT2D eigenvalue weighted by molar-refractivity contribution is 7.00. The van der Waals surface area contributed by atoms with Crippen molar-refractivity contribution in [3.63, 3.8) is 0 Å². The van der Waals surface area contributed by atoms with Crippen LogP contribution in [0.1, 0.15) is 90.2 Å². The lowest BCUT2D eigenvalue weighted by Crippen LogP contribution is -2.64. The minimum Gasteiger partial charge on any atom is -0.335 e. The van der Waals surface area contributed by atoms with Crippen LogP contribution in [0, 0.1) is 0 Å². The fourth-order valence-electron chi connectivity index (χ4n) is 14.0. The third-order valence-corrected chi connectivity index (χ3v) is 17.5. The van der Waals surface area contributed by atoms with E-state index in [2.05, 4.69) is 200 Å². The molecular weight excluding hydrogens is 749 g/mol. The molecule has 0 spiro atoms. The molecule has 4 aliphatic heterocycles. The van der Waals surface area contributed by atoms with Gasteiger partial charge in [0.15, 0.2) is 0 Å². The second-order valence-corrected chi connectivity index (χ2v) is 20.3. The zero-order valence-electron chi connectivity index (χ0n) is 36.6. The molecular formula is C58H54BN3. The summed E-state index contributed by atoms with van der Waals surface area (Å²) in [6, 6.07) is 60.6. The summed E-state index contributed by atoms with van der Waals surface area (Å²) >= 11 is 0. The average molecular weight is 804 g/mol. The molecule has 4 atom stereocenters. The molecule has 7 aromatic rings. The van der Waals surface area contributed by atoms with E-state index in [1.54, 1.807) is 5.56 Å². The predicted molar refractivity (Wildman–Crippen MR) is 262 cm³/mol. The van der Waals surface area contributed by atoms with Crippen molar-refractivity contribution in [2.24, 2.45) is 0 Å². The lowest BCUT2D eigenvalue weighted by atomic mass is 9.33. The Morgan fingerprint density at radius 3 is 1.73 bits per heavy atom. The van der Waals surface area contributed by atoms with Gasteiger partial charge >= 0.3 is 0 Å². The van der Waals surface area contributed by atoms with E-state index in [4.69, 9.17) is 0 Å². The maximum absolute atomic E-state index is 2.90. The van der Waals surface area contributed by atoms with Crippen LogP contribution in [0.3, 0.4) is 0 Å². The molecule has 2 saturated carbocycles. The molecule has 4 unspecified atom stereocenters. The van der Waals surface area contributed by atoms with Crippen LogP contribution in [0.5, 0.6) is 0 Å². The Kier molecular flexibility index (Phi) is 7.56. The van der Waals surface area contributed by atoms with Gasteiger partial charge in [0.2, 0.25) is 0 Å². The van der Waals surface area contributed by atoms with Crippen molar-refractivity contribution in [1.82, 2.24) is 0 Å². The third kappa shape index (κ3) is 4.58. The third-order valence-electron chi connectivity index (χ3n) is 17.5. The maximum atomic E-state index is 2.90. The highest BCUT2D eigenvalue weighted by atomic mass is 15.3. The van der Waals surface area contributed by atoms with Crippen LogP contribution in [0.2, 0.25) is 0 Å². The summed E-state index contributed by atoms with van der Waals surface area (Å²) in [6.45, 7) is 10.5. The van der Waals surface area contributed by atoms with Gasteiger partial charge in [0.1, 0.15) is 0 Å². The van der Waals surface area contributed by atoms with Crippen LogP contribution >= 0.6 is 0 Å². The Morgan fingerprint density at radius 2 is 0.984 bits per heavy atom. The van der Waals surface area contributed by atoms with Crippen LogP contribution in [0.25, 0.3) is 22.3 Å². The molecule has 0 aromatic heterocycles. The minimum atomic E-state index is -0.0631. The number of fused-ring (bicyclic) bond motifs is 10. The number of hydrogen-bond acceptors (Lipinski definition) is 3. The molecule has 0 N–H and O–H groups in total. The summed E-state index contributed by atoms with van der Waals surface area (Å²) < 4.78 is 0. The molecule has 2 fully saturated rings. The van der Waals surface area contributed by atoms with Gasteiger partial charge in [0, 0.05) is 50.6 Å². The summed E-state index contributed by atoms with van der Waals surface area (Å²) in [5.74, 6) is 0. The number of anilines is 7. The van der Waals surface area contributed by atoms with Gasteiger partial charge in [-0.3, -0.25) is 0 Å². The fourth-order valence-corrected chi connectivity index (χ4v) is 14.0. The largest absolute Gasteiger partial charge is 0.335 e. The van der Waals surface area contributed by atoms with E-state index in [1.165, 1.54) is 135 Å². The van der Waals surface area contributed by atoms with Crippen LogP contribution in [0.4, 0.5) is 39.8 Å². The van der Waals surface area contributed by atoms with Gasteiger partial charge in [-0.25, -0.2) is 0 Å². The molecule has 4 heterocycles. The van der Waals surface area contributed by atoms with Crippen molar-refractivity contribution in [2.75, 3.05) is 14.7 Å². The number of hydrogen-bond donors (Lipinski definition) is 0. The van der Waals surface area contributed by atoms with Crippen LogP contribution in [-0.4, -0.2) is 17.8 Å². The lowest BCUT2D eigenvalue weighted by molar-refractivity contribution is 0.194. The Morgan fingerprint density at radius 1 is 0.403 bits per heavy atom. The van der Waals surface area contributed by atoms with E-state index >= 15 is 0 Å². The number of nitrogens with zero attached hydrogens (tertiary/aromatic N) is 3. The molecule has 4 heteroatoms. The van der Waals surface area contributed by atoms with Crippen LogP contribution in [0.15, 0.2) is 158 Å². The molecule has 0 amide bonds. The molecule has 0 radical (unpaired) electrons. The SMILES string of the molecule is CC12CCCCC1(C)N(c1cc3c4c(c1)N1c5c(cccc5C5(C)CCCCC15C)B4c1ccc(-c4ccccc4)cc1N3c1cccc(-c3ccccc3)c1)c1ccccc12. The van der Waals surface area contributed by atoms with Gasteiger partial charge in [-0.05, 0) is 126 Å². The van der Waals surface area contributed by atoms with Gasteiger partial charge < -0.3 is 14.7 Å². The number of para-hydroxylation sites is 2. The Balaban J connectivity index is 1.15. The zero-order valence-corrected chi connectivity index (χ0v) is 36.6. The molecule has 6 aliphatic rings. The Bertz CT molecular complexity index is 2980. The monoisotopic (exact) mass is 803 g/mol. The van der Waals surface area contributed by atoms with Crippen LogP contribution in [-0.2, 0) is 10.8 Å². The van der Waals surface area contributed by atoms with E-state index in [0.29, 0.717) is 0 Å². The molecule has 62 heavy (non-hydrogen) atoms. The minimum absolute atomic E-state index is 0.0465. The second-order valence-electron chi connectivity index (χ2n) is 20.3. The highest BCUT2D eigenvalue weighted by Gasteiger charge is 2.62. The molecule has 0 saturated heterocycles. The quantitative estimate of drug-likeness (QED) is 0.164. The van der Waals surface area contributed by atoms with Gasteiger partial charge in [-0.1, -0.05) is 161 Å². The average Bonchev–Trinajstić information content (AvgIpc) is 3.66.